The standard InChI is InChI=1S/C26H41F3N6O2/c1-30-15-6-16-31-23-17-22(18-9-10-18)35(20-7-4-2-3-5-8-20)24(33-23)34-25(36)32-19-11-13-21(14-12-19)37-26(27,28)29/h11-14,18,20,22-24,30-31,33H,2-10,15-17H2,1H3,(H2,32,34,36). The van der Waals surface area contributed by atoms with Crippen LogP contribution in [0.5, 0.6) is 5.75 Å². The van der Waals surface area contributed by atoms with Gasteiger partial charge in [0, 0.05) is 17.8 Å². The smallest absolute Gasteiger partial charge is 0.406 e. The maximum Gasteiger partial charge on any atom is 0.573 e. The van der Waals surface area contributed by atoms with Crippen LogP contribution in [-0.2, 0) is 0 Å². The molecule has 1 aromatic carbocycles. The second-order valence-electron chi connectivity index (χ2n) is 10.4. The van der Waals surface area contributed by atoms with E-state index in [1.165, 1.54) is 62.8 Å². The fourth-order valence-corrected chi connectivity index (χ4v) is 5.69. The van der Waals surface area contributed by atoms with Gasteiger partial charge < -0.3 is 26.0 Å². The third kappa shape index (κ3) is 8.73. The van der Waals surface area contributed by atoms with E-state index in [-0.39, 0.29) is 18.2 Å². The van der Waals surface area contributed by atoms with Crippen molar-refractivity contribution in [1.82, 2.24) is 26.2 Å². The van der Waals surface area contributed by atoms with Crippen molar-refractivity contribution in [1.29, 1.82) is 0 Å². The Labute approximate surface area is 217 Å². The molecule has 208 valence electrons. The summed E-state index contributed by atoms with van der Waals surface area (Å²) in [6.45, 7) is 1.82. The van der Waals surface area contributed by atoms with Gasteiger partial charge in [-0.3, -0.25) is 10.2 Å². The molecule has 8 nitrogen and oxygen atoms in total. The minimum atomic E-state index is -4.75. The first-order valence-electron chi connectivity index (χ1n) is 13.7. The summed E-state index contributed by atoms with van der Waals surface area (Å²) in [7, 11) is 1.95. The summed E-state index contributed by atoms with van der Waals surface area (Å²) in [6.07, 6.45) is 6.66. The van der Waals surface area contributed by atoms with Crippen LogP contribution >= 0.6 is 0 Å². The van der Waals surface area contributed by atoms with Gasteiger partial charge in [-0.2, -0.15) is 0 Å². The number of halogens is 3. The zero-order valence-corrected chi connectivity index (χ0v) is 21.6. The number of carbonyl (C=O) groups excluding carboxylic acids is 1. The summed E-state index contributed by atoms with van der Waals surface area (Å²) in [5.74, 6) is 0.326. The Balaban J connectivity index is 1.44. The average Bonchev–Trinajstić information content (AvgIpc) is 3.70. The van der Waals surface area contributed by atoms with E-state index in [1.807, 2.05) is 7.05 Å². The average molecular weight is 527 g/mol. The number of carbonyl (C=O) groups is 1. The number of urea groups is 1. The van der Waals surface area contributed by atoms with E-state index in [1.54, 1.807) is 0 Å². The summed E-state index contributed by atoms with van der Waals surface area (Å²) in [5.41, 5.74) is 0.393. The number of nitrogens with one attached hydrogen (secondary N) is 5. The molecule has 11 heteroatoms. The number of hydrogen-bond donors (Lipinski definition) is 5. The van der Waals surface area contributed by atoms with Gasteiger partial charge in [-0.05, 0) is 88.8 Å². The largest absolute Gasteiger partial charge is 0.573 e. The van der Waals surface area contributed by atoms with E-state index in [2.05, 4.69) is 36.2 Å². The Kier molecular flexibility index (Phi) is 9.91. The molecule has 3 atom stereocenters. The van der Waals surface area contributed by atoms with Crippen LogP contribution in [0.2, 0.25) is 0 Å². The molecule has 0 radical (unpaired) electrons. The molecule has 5 N–H and O–H groups in total. The summed E-state index contributed by atoms with van der Waals surface area (Å²) < 4.78 is 41.3. The second-order valence-corrected chi connectivity index (χ2v) is 10.4. The summed E-state index contributed by atoms with van der Waals surface area (Å²) >= 11 is 0. The van der Waals surface area contributed by atoms with Crippen molar-refractivity contribution in [3.8, 4) is 5.75 Å². The van der Waals surface area contributed by atoms with Crippen LogP contribution in [0, 0.1) is 5.92 Å². The van der Waals surface area contributed by atoms with E-state index in [9.17, 15) is 18.0 Å². The Morgan fingerprint density at radius 1 is 1.05 bits per heavy atom. The molecule has 0 spiro atoms. The third-order valence-corrected chi connectivity index (χ3v) is 7.54. The number of ether oxygens (including phenoxy) is 1. The van der Waals surface area contributed by atoms with Gasteiger partial charge in [-0.25, -0.2) is 4.79 Å². The zero-order valence-electron chi connectivity index (χ0n) is 21.6. The molecule has 1 saturated heterocycles. The van der Waals surface area contributed by atoms with Crippen molar-refractivity contribution in [2.24, 2.45) is 5.92 Å². The van der Waals surface area contributed by atoms with E-state index < -0.39 is 12.4 Å². The lowest BCUT2D eigenvalue weighted by atomic mass is 9.96. The molecular formula is C26H41F3N6O2. The summed E-state index contributed by atoms with van der Waals surface area (Å²) in [4.78, 5) is 15.6. The van der Waals surface area contributed by atoms with Gasteiger partial charge in [0.1, 0.15) is 12.0 Å². The molecule has 1 aliphatic heterocycles. The Morgan fingerprint density at radius 3 is 2.38 bits per heavy atom. The Bertz CT molecular complexity index is 844. The van der Waals surface area contributed by atoms with E-state index in [0.717, 1.165) is 38.8 Å². The van der Waals surface area contributed by atoms with Gasteiger partial charge in [0.05, 0.1) is 6.17 Å². The Hall–Kier alpha value is -2.08. The van der Waals surface area contributed by atoms with Crippen LogP contribution in [0.1, 0.15) is 64.2 Å². The molecule has 4 rings (SSSR count). The molecule has 37 heavy (non-hydrogen) atoms. The lowest BCUT2D eigenvalue weighted by molar-refractivity contribution is -0.274. The van der Waals surface area contributed by atoms with Gasteiger partial charge >= 0.3 is 12.4 Å². The predicted octanol–water partition coefficient (Wildman–Crippen LogP) is 4.31. The maximum absolute atomic E-state index is 13.1. The van der Waals surface area contributed by atoms with E-state index >= 15 is 0 Å². The second kappa shape index (κ2) is 13.1. The van der Waals surface area contributed by atoms with Crippen LogP contribution in [-0.4, -0.2) is 62.0 Å². The molecule has 3 aliphatic rings. The van der Waals surface area contributed by atoms with Crippen LogP contribution in [0.15, 0.2) is 24.3 Å². The number of anilines is 1. The number of nitrogens with zero attached hydrogens (tertiary/aromatic N) is 1. The lowest BCUT2D eigenvalue weighted by Gasteiger charge is -2.50. The number of hydrogen-bond acceptors (Lipinski definition) is 6. The molecule has 0 bridgehead atoms. The van der Waals surface area contributed by atoms with Gasteiger partial charge in [0.25, 0.3) is 0 Å². The SMILES string of the molecule is CNCCCNC1CC(C2CC2)N(C2CCCCCC2)C(NC(=O)Nc2ccc(OC(F)(F)F)cc2)N1. The first-order chi connectivity index (χ1) is 17.8. The molecule has 3 unspecified atom stereocenters. The topological polar surface area (TPSA) is 89.7 Å². The van der Waals surface area contributed by atoms with Crippen molar-refractivity contribution < 1.29 is 22.7 Å². The van der Waals surface area contributed by atoms with Crippen molar-refractivity contribution in [3.05, 3.63) is 24.3 Å². The highest BCUT2D eigenvalue weighted by atomic mass is 19.4. The number of amides is 2. The lowest BCUT2D eigenvalue weighted by Crippen LogP contribution is -2.71. The van der Waals surface area contributed by atoms with Crippen molar-refractivity contribution in [2.45, 2.75) is 95.1 Å². The fourth-order valence-electron chi connectivity index (χ4n) is 5.69. The monoisotopic (exact) mass is 526 g/mol. The number of benzene rings is 1. The molecular weight excluding hydrogens is 485 g/mol. The minimum absolute atomic E-state index is 0.0913. The molecule has 1 heterocycles. The van der Waals surface area contributed by atoms with Gasteiger partial charge in [-0.15, -0.1) is 13.2 Å². The quantitative estimate of drug-likeness (QED) is 0.231. The summed E-state index contributed by atoms with van der Waals surface area (Å²) in [6, 6.07) is 5.59. The predicted molar refractivity (Wildman–Crippen MR) is 137 cm³/mol. The van der Waals surface area contributed by atoms with Crippen LogP contribution < -0.4 is 31.3 Å². The maximum atomic E-state index is 13.1. The molecule has 2 aliphatic carbocycles. The molecule has 0 aromatic heterocycles. The van der Waals surface area contributed by atoms with Crippen LogP contribution in [0.3, 0.4) is 0 Å². The van der Waals surface area contributed by atoms with Crippen LogP contribution in [0.4, 0.5) is 23.7 Å². The third-order valence-electron chi connectivity index (χ3n) is 7.54. The summed E-state index contributed by atoms with van der Waals surface area (Å²) in [5, 5.41) is 16.3. The van der Waals surface area contributed by atoms with E-state index in [4.69, 9.17) is 0 Å². The molecule has 3 fully saturated rings. The molecule has 2 amide bonds. The number of alkyl halides is 3. The molecule has 1 aromatic rings. The van der Waals surface area contributed by atoms with Gasteiger partial charge in [0.2, 0.25) is 0 Å². The highest BCUT2D eigenvalue weighted by Gasteiger charge is 2.46. The zero-order chi connectivity index (χ0) is 26.3. The minimum Gasteiger partial charge on any atom is -0.406 e. The van der Waals surface area contributed by atoms with Crippen molar-refractivity contribution in [2.75, 3.05) is 25.5 Å². The fraction of sp³-hybridized carbons (Fsp3) is 0.731. The highest BCUT2D eigenvalue weighted by Crippen LogP contribution is 2.41. The highest BCUT2D eigenvalue weighted by molar-refractivity contribution is 5.89. The van der Waals surface area contributed by atoms with E-state index in [0.29, 0.717) is 23.7 Å². The van der Waals surface area contributed by atoms with Crippen molar-refractivity contribution in [3.63, 3.8) is 0 Å². The van der Waals surface area contributed by atoms with Crippen molar-refractivity contribution >= 4 is 11.7 Å². The molecule has 2 saturated carbocycles. The number of rotatable bonds is 10. The van der Waals surface area contributed by atoms with Gasteiger partial charge in [-0.1, -0.05) is 25.7 Å². The Morgan fingerprint density at radius 2 is 1.76 bits per heavy atom. The normalized spacial score (nSPS) is 25.9. The first kappa shape index (κ1) is 27.9. The van der Waals surface area contributed by atoms with Crippen LogP contribution in [0.25, 0.3) is 0 Å². The first-order valence-corrected chi connectivity index (χ1v) is 13.7. The van der Waals surface area contributed by atoms with Gasteiger partial charge in [0.15, 0.2) is 0 Å².